The Hall–Kier alpha value is -3.21. The van der Waals surface area contributed by atoms with Crippen LogP contribution >= 0.6 is 0 Å². The SMILES string of the molecule is CC(C)CC1COC(c2ccccc2NC(=O)c2ccc3ccccc3n2)=N1. The number of rotatable bonds is 5. The van der Waals surface area contributed by atoms with E-state index in [1.54, 1.807) is 6.07 Å². The van der Waals surface area contributed by atoms with Crippen molar-refractivity contribution in [2.75, 3.05) is 11.9 Å². The van der Waals surface area contributed by atoms with Crippen molar-refractivity contribution < 1.29 is 9.53 Å². The maximum atomic E-state index is 12.8. The van der Waals surface area contributed by atoms with Gasteiger partial charge in [0.2, 0.25) is 5.90 Å². The number of nitrogens with zero attached hydrogens (tertiary/aromatic N) is 2. The summed E-state index contributed by atoms with van der Waals surface area (Å²) in [7, 11) is 0. The largest absolute Gasteiger partial charge is 0.475 e. The molecule has 0 bridgehead atoms. The van der Waals surface area contributed by atoms with E-state index in [1.807, 2.05) is 54.6 Å². The van der Waals surface area contributed by atoms with Crippen LogP contribution in [-0.4, -0.2) is 29.4 Å². The summed E-state index contributed by atoms with van der Waals surface area (Å²) in [4.78, 5) is 22.0. The molecule has 0 fully saturated rings. The molecule has 2 aromatic carbocycles. The number of para-hydroxylation sites is 2. The molecule has 28 heavy (non-hydrogen) atoms. The highest BCUT2D eigenvalue weighted by Gasteiger charge is 2.23. The minimum atomic E-state index is -0.254. The number of anilines is 1. The molecular formula is C23H23N3O2. The van der Waals surface area contributed by atoms with Gasteiger partial charge in [0.05, 0.1) is 22.8 Å². The number of benzene rings is 2. The van der Waals surface area contributed by atoms with Crippen molar-refractivity contribution in [2.24, 2.45) is 10.9 Å². The molecule has 3 aromatic rings. The van der Waals surface area contributed by atoms with E-state index in [-0.39, 0.29) is 11.9 Å². The number of hydrogen-bond acceptors (Lipinski definition) is 4. The van der Waals surface area contributed by atoms with Crippen molar-refractivity contribution in [3.8, 4) is 0 Å². The Morgan fingerprint density at radius 2 is 1.89 bits per heavy atom. The first kappa shape index (κ1) is 18.2. The first-order valence-electron chi connectivity index (χ1n) is 9.57. The number of carbonyl (C=O) groups is 1. The summed E-state index contributed by atoms with van der Waals surface area (Å²) in [5, 5.41) is 3.97. The van der Waals surface area contributed by atoms with E-state index in [2.05, 4.69) is 24.1 Å². The van der Waals surface area contributed by atoms with E-state index < -0.39 is 0 Å². The van der Waals surface area contributed by atoms with Crippen molar-refractivity contribution in [3.05, 3.63) is 71.9 Å². The number of ether oxygens (including phenoxy) is 1. The van der Waals surface area contributed by atoms with Gasteiger partial charge in [-0.15, -0.1) is 0 Å². The Balaban J connectivity index is 1.57. The maximum absolute atomic E-state index is 12.8. The van der Waals surface area contributed by atoms with Gasteiger partial charge < -0.3 is 10.1 Å². The molecule has 5 nitrogen and oxygen atoms in total. The zero-order valence-corrected chi connectivity index (χ0v) is 16.1. The molecule has 1 amide bonds. The van der Waals surface area contributed by atoms with Crippen molar-refractivity contribution in [2.45, 2.75) is 26.3 Å². The quantitative estimate of drug-likeness (QED) is 0.706. The molecule has 2 heterocycles. The fourth-order valence-corrected chi connectivity index (χ4v) is 3.39. The van der Waals surface area contributed by atoms with Gasteiger partial charge in [-0.05, 0) is 36.6 Å². The van der Waals surface area contributed by atoms with Gasteiger partial charge in [-0.2, -0.15) is 0 Å². The third-order valence-electron chi connectivity index (χ3n) is 4.69. The van der Waals surface area contributed by atoms with Gasteiger partial charge in [0.25, 0.3) is 5.91 Å². The lowest BCUT2D eigenvalue weighted by Gasteiger charge is -2.10. The molecule has 142 valence electrons. The molecule has 0 aliphatic carbocycles. The number of aromatic nitrogens is 1. The van der Waals surface area contributed by atoms with Crippen LogP contribution in [0.25, 0.3) is 10.9 Å². The number of fused-ring (bicyclic) bond motifs is 1. The second-order valence-corrected chi connectivity index (χ2v) is 7.42. The van der Waals surface area contributed by atoms with Crippen LogP contribution < -0.4 is 5.32 Å². The monoisotopic (exact) mass is 373 g/mol. The fraction of sp³-hybridized carbons (Fsp3) is 0.261. The summed E-state index contributed by atoms with van der Waals surface area (Å²) in [5.41, 5.74) is 2.64. The van der Waals surface area contributed by atoms with E-state index in [0.29, 0.717) is 29.8 Å². The molecule has 0 saturated heterocycles. The summed E-state index contributed by atoms with van der Waals surface area (Å²) in [6, 6.07) is 19.1. The summed E-state index contributed by atoms with van der Waals surface area (Å²) >= 11 is 0. The van der Waals surface area contributed by atoms with E-state index in [1.165, 1.54) is 0 Å². The lowest BCUT2D eigenvalue weighted by Crippen LogP contribution is -2.16. The lowest BCUT2D eigenvalue weighted by atomic mass is 10.1. The minimum absolute atomic E-state index is 0.168. The predicted octanol–water partition coefficient (Wildman–Crippen LogP) is 4.68. The van der Waals surface area contributed by atoms with Crippen LogP contribution in [0.3, 0.4) is 0 Å². The summed E-state index contributed by atoms with van der Waals surface area (Å²) in [5.74, 6) is 0.897. The second-order valence-electron chi connectivity index (χ2n) is 7.42. The van der Waals surface area contributed by atoms with Crippen LogP contribution in [0.5, 0.6) is 0 Å². The van der Waals surface area contributed by atoms with E-state index >= 15 is 0 Å². The number of nitrogens with one attached hydrogen (secondary N) is 1. The lowest BCUT2D eigenvalue weighted by molar-refractivity contribution is 0.102. The molecule has 0 spiro atoms. The molecule has 1 N–H and O–H groups in total. The molecule has 5 heteroatoms. The molecule has 0 saturated carbocycles. The van der Waals surface area contributed by atoms with Gasteiger partial charge in [0, 0.05) is 5.39 Å². The van der Waals surface area contributed by atoms with Crippen LogP contribution in [0, 0.1) is 5.92 Å². The van der Waals surface area contributed by atoms with Crippen LogP contribution in [0.4, 0.5) is 5.69 Å². The minimum Gasteiger partial charge on any atom is -0.475 e. The highest BCUT2D eigenvalue weighted by atomic mass is 16.5. The van der Waals surface area contributed by atoms with Gasteiger partial charge in [-0.25, -0.2) is 9.98 Å². The number of hydrogen-bond donors (Lipinski definition) is 1. The van der Waals surface area contributed by atoms with Gasteiger partial charge in [0.15, 0.2) is 0 Å². The zero-order valence-electron chi connectivity index (χ0n) is 16.1. The Kier molecular flexibility index (Phi) is 5.06. The molecule has 1 unspecified atom stereocenters. The molecule has 0 radical (unpaired) electrons. The van der Waals surface area contributed by atoms with Crippen molar-refractivity contribution in [1.82, 2.24) is 4.98 Å². The molecule has 1 aliphatic heterocycles. The Labute approximate surface area is 164 Å². The van der Waals surface area contributed by atoms with Crippen molar-refractivity contribution in [3.63, 3.8) is 0 Å². The molecule has 1 aromatic heterocycles. The number of aliphatic imine (C=N–C) groups is 1. The van der Waals surface area contributed by atoms with Crippen LogP contribution in [0.2, 0.25) is 0 Å². The maximum Gasteiger partial charge on any atom is 0.274 e. The zero-order chi connectivity index (χ0) is 19.5. The predicted molar refractivity (Wildman–Crippen MR) is 112 cm³/mol. The smallest absolute Gasteiger partial charge is 0.274 e. The standard InChI is InChI=1S/C23H23N3O2/c1-15(2)13-17-14-28-23(24-17)18-8-4-6-10-20(18)26-22(27)21-12-11-16-7-3-5-9-19(16)25-21/h3-12,15,17H,13-14H2,1-2H3,(H,26,27). The van der Waals surface area contributed by atoms with Crippen LogP contribution in [-0.2, 0) is 4.74 Å². The summed E-state index contributed by atoms with van der Waals surface area (Å²) in [6.45, 7) is 4.94. The Morgan fingerprint density at radius 3 is 2.75 bits per heavy atom. The highest BCUT2D eigenvalue weighted by Crippen LogP contribution is 2.23. The Morgan fingerprint density at radius 1 is 1.11 bits per heavy atom. The van der Waals surface area contributed by atoms with E-state index in [4.69, 9.17) is 9.73 Å². The molecular weight excluding hydrogens is 350 g/mol. The average Bonchev–Trinajstić information content (AvgIpc) is 3.15. The Bertz CT molecular complexity index is 1040. The van der Waals surface area contributed by atoms with Crippen LogP contribution in [0.1, 0.15) is 36.3 Å². The fourth-order valence-electron chi connectivity index (χ4n) is 3.39. The van der Waals surface area contributed by atoms with Gasteiger partial charge >= 0.3 is 0 Å². The number of carbonyl (C=O) groups excluding carboxylic acids is 1. The number of amides is 1. The van der Waals surface area contributed by atoms with E-state index in [0.717, 1.165) is 22.9 Å². The topological polar surface area (TPSA) is 63.6 Å². The van der Waals surface area contributed by atoms with Gasteiger partial charge in [-0.1, -0.05) is 50.2 Å². The third kappa shape index (κ3) is 3.88. The summed E-state index contributed by atoms with van der Waals surface area (Å²) in [6.07, 6.45) is 0.985. The third-order valence-corrected chi connectivity index (χ3v) is 4.69. The van der Waals surface area contributed by atoms with Crippen molar-refractivity contribution in [1.29, 1.82) is 0 Å². The van der Waals surface area contributed by atoms with Gasteiger partial charge in [0.1, 0.15) is 12.3 Å². The highest BCUT2D eigenvalue weighted by molar-refractivity contribution is 6.09. The number of pyridine rings is 1. The normalized spacial score (nSPS) is 16.1. The molecule has 1 aliphatic rings. The first-order chi connectivity index (χ1) is 13.6. The van der Waals surface area contributed by atoms with Crippen molar-refractivity contribution >= 4 is 28.4 Å². The first-order valence-corrected chi connectivity index (χ1v) is 9.57. The van der Waals surface area contributed by atoms with Gasteiger partial charge in [-0.3, -0.25) is 4.79 Å². The summed E-state index contributed by atoms with van der Waals surface area (Å²) < 4.78 is 5.82. The van der Waals surface area contributed by atoms with Crippen LogP contribution in [0.15, 0.2) is 65.7 Å². The average molecular weight is 373 g/mol. The molecule has 1 atom stereocenters. The second kappa shape index (κ2) is 7.80. The molecule has 4 rings (SSSR count). The van der Waals surface area contributed by atoms with E-state index in [9.17, 15) is 4.79 Å².